The zero-order valence-corrected chi connectivity index (χ0v) is 14.0. The van der Waals surface area contributed by atoms with Crippen LogP contribution >= 0.6 is 0 Å². The fourth-order valence-electron chi connectivity index (χ4n) is 4.05. The summed E-state index contributed by atoms with van der Waals surface area (Å²) in [5, 5.41) is 3.05. The van der Waals surface area contributed by atoms with E-state index in [1.54, 1.807) is 12.1 Å². The smallest absolute Gasteiger partial charge is 0.241 e. The SMILES string of the molecule is N[C@@H]1CN(C2CCc3ccccc3NC2=O)C[C@H]1c1cccc(F)c1. The van der Waals surface area contributed by atoms with Gasteiger partial charge in [-0.3, -0.25) is 9.69 Å². The van der Waals surface area contributed by atoms with E-state index in [0.29, 0.717) is 13.1 Å². The molecule has 4 rings (SSSR count). The lowest BCUT2D eigenvalue weighted by molar-refractivity contribution is -0.121. The van der Waals surface area contributed by atoms with Gasteiger partial charge in [0.25, 0.3) is 0 Å². The summed E-state index contributed by atoms with van der Waals surface area (Å²) in [4.78, 5) is 14.9. The van der Waals surface area contributed by atoms with Crippen molar-refractivity contribution in [2.45, 2.75) is 30.8 Å². The van der Waals surface area contributed by atoms with Crippen LogP contribution in [0.2, 0.25) is 0 Å². The predicted octanol–water partition coefficient (Wildman–Crippen LogP) is 2.51. The Hall–Kier alpha value is -2.24. The van der Waals surface area contributed by atoms with Gasteiger partial charge < -0.3 is 11.1 Å². The van der Waals surface area contributed by atoms with Crippen molar-refractivity contribution >= 4 is 11.6 Å². The third-order valence-corrected chi connectivity index (χ3v) is 5.38. The number of benzene rings is 2. The van der Waals surface area contributed by atoms with Crippen LogP contribution in [0, 0.1) is 5.82 Å². The lowest BCUT2D eigenvalue weighted by atomic mass is 9.95. The van der Waals surface area contributed by atoms with Crippen LogP contribution in [0.1, 0.15) is 23.5 Å². The number of halogens is 1. The van der Waals surface area contributed by atoms with Gasteiger partial charge in [-0.25, -0.2) is 4.39 Å². The van der Waals surface area contributed by atoms with Gasteiger partial charge in [0, 0.05) is 30.7 Å². The molecule has 0 spiro atoms. The summed E-state index contributed by atoms with van der Waals surface area (Å²) in [6.45, 7) is 1.33. The van der Waals surface area contributed by atoms with E-state index >= 15 is 0 Å². The number of likely N-dealkylation sites (tertiary alicyclic amines) is 1. The van der Waals surface area contributed by atoms with Gasteiger partial charge in [0.2, 0.25) is 5.91 Å². The molecule has 2 heterocycles. The molecule has 25 heavy (non-hydrogen) atoms. The number of rotatable bonds is 2. The van der Waals surface area contributed by atoms with Crippen LogP contribution in [0.15, 0.2) is 48.5 Å². The monoisotopic (exact) mass is 339 g/mol. The summed E-state index contributed by atoms with van der Waals surface area (Å²) in [7, 11) is 0. The Morgan fingerprint density at radius 3 is 2.80 bits per heavy atom. The van der Waals surface area contributed by atoms with E-state index in [-0.39, 0.29) is 29.7 Å². The van der Waals surface area contributed by atoms with Gasteiger partial charge in [-0.05, 0) is 42.2 Å². The summed E-state index contributed by atoms with van der Waals surface area (Å²) in [5.41, 5.74) is 9.31. The average Bonchev–Trinajstić information content (AvgIpc) is 2.89. The standard InChI is InChI=1S/C20H22FN3O/c21-15-6-3-5-14(10-15)16-11-24(12-17(16)22)19-9-8-13-4-1-2-7-18(13)23-20(19)25/h1-7,10,16-17,19H,8-9,11-12,22H2,(H,23,25)/t16-,17+,19?/m0/s1. The molecule has 2 aromatic rings. The summed E-state index contributed by atoms with van der Waals surface area (Å²) in [6, 6.07) is 14.3. The largest absolute Gasteiger partial charge is 0.326 e. The highest BCUT2D eigenvalue weighted by Crippen LogP contribution is 2.31. The molecular weight excluding hydrogens is 317 g/mol. The number of para-hydroxylation sites is 1. The average molecular weight is 339 g/mol. The maximum Gasteiger partial charge on any atom is 0.241 e. The van der Waals surface area contributed by atoms with Crippen LogP contribution in [-0.4, -0.2) is 36.0 Å². The number of nitrogens with zero attached hydrogens (tertiary/aromatic N) is 1. The van der Waals surface area contributed by atoms with Crippen molar-refractivity contribution in [1.82, 2.24) is 4.90 Å². The maximum absolute atomic E-state index is 13.5. The van der Waals surface area contributed by atoms with E-state index in [9.17, 15) is 9.18 Å². The number of hydrogen-bond donors (Lipinski definition) is 2. The maximum atomic E-state index is 13.5. The van der Waals surface area contributed by atoms with Crippen molar-refractivity contribution in [3.63, 3.8) is 0 Å². The minimum Gasteiger partial charge on any atom is -0.326 e. The Balaban J connectivity index is 1.52. The molecule has 5 heteroatoms. The molecular formula is C20H22FN3O. The Bertz CT molecular complexity index is 794. The summed E-state index contributed by atoms with van der Waals surface area (Å²) >= 11 is 0. The first-order valence-electron chi connectivity index (χ1n) is 8.75. The zero-order chi connectivity index (χ0) is 17.4. The minimum atomic E-state index is -0.245. The lowest BCUT2D eigenvalue weighted by Crippen LogP contribution is -2.43. The highest BCUT2D eigenvalue weighted by atomic mass is 19.1. The number of nitrogens with one attached hydrogen (secondary N) is 1. The molecule has 2 aliphatic heterocycles. The zero-order valence-electron chi connectivity index (χ0n) is 14.0. The molecule has 0 radical (unpaired) electrons. The summed E-state index contributed by atoms with van der Waals surface area (Å²) in [5.74, 6) is -0.169. The second-order valence-electron chi connectivity index (χ2n) is 6.98. The number of fused-ring (bicyclic) bond motifs is 1. The molecule has 2 aliphatic rings. The summed E-state index contributed by atoms with van der Waals surface area (Å²) < 4.78 is 13.5. The molecule has 0 bridgehead atoms. The number of nitrogens with two attached hydrogens (primary N) is 1. The Morgan fingerprint density at radius 2 is 1.96 bits per heavy atom. The third-order valence-electron chi connectivity index (χ3n) is 5.38. The van der Waals surface area contributed by atoms with Crippen molar-refractivity contribution < 1.29 is 9.18 Å². The fourth-order valence-corrected chi connectivity index (χ4v) is 4.05. The molecule has 1 fully saturated rings. The molecule has 130 valence electrons. The molecule has 1 saturated heterocycles. The van der Waals surface area contributed by atoms with Gasteiger partial charge in [-0.2, -0.15) is 0 Å². The van der Waals surface area contributed by atoms with Crippen molar-refractivity contribution in [3.8, 4) is 0 Å². The van der Waals surface area contributed by atoms with Crippen LogP contribution in [0.5, 0.6) is 0 Å². The number of hydrogen-bond acceptors (Lipinski definition) is 3. The van der Waals surface area contributed by atoms with E-state index < -0.39 is 0 Å². The Kier molecular flexibility index (Phi) is 4.27. The Morgan fingerprint density at radius 1 is 1.12 bits per heavy atom. The number of carbonyl (C=O) groups is 1. The van der Waals surface area contributed by atoms with Crippen LogP contribution in [0.4, 0.5) is 10.1 Å². The van der Waals surface area contributed by atoms with Crippen molar-refractivity contribution in [2.24, 2.45) is 5.73 Å². The molecule has 2 aromatic carbocycles. The number of carbonyl (C=O) groups excluding carboxylic acids is 1. The van der Waals surface area contributed by atoms with Gasteiger partial charge >= 0.3 is 0 Å². The first-order chi connectivity index (χ1) is 12.1. The predicted molar refractivity (Wildman–Crippen MR) is 95.9 cm³/mol. The molecule has 1 unspecified atom stereocenters. The van der Waals surface area contributed by atoms with E-state index in [1.807, 2.05) is 24.3 Å². The summed E-state index contributed by atoms with van der Waals surface area (Å²) in [6.07, 6.45) is 1.63. The fraction of sp³-hybridized carbons (Fsp3) is 0.350. The molecule has 0 saturated carbocycles. The number of aryl methyl sites for hydroxylation is 1. The minimum absolute atomic E-state index is 0.0250. The second kappa shape index (κ2) is 6.58. The first-order valence-corrected chi connectivity index (χ1v) is 8.75. The van der Waals surface area contributed by atoms with Crippen LogP contribution in [0.25, 0.3) is 0 Å². The van der Waals surface area contributed by atoms with E-state index in [1.165, 1.54) is 11.6 Å². The molecule has 0 aliphatic carbocycles. The van der Waals surface area contributed by atoms with Crippen LogP contribution < -0.4 is 11.1 Å². The lowest BCUT2D eigenvalue weighted by Gasteiger charge is -2.25. The van der Waals surface area contributed by atoms with E-state index in [2.05, 4.69) is 16.3 Å². The highest BCUT2D eigenvalue weighted by Gasteiger charge is 2.38. The quantitative estimate of drug-likeness (QED) is 0.884. The molecule has 1 amide bonds. The van der Waals surface area contributed by atoms with Gasteiger partial charge in [-0.15, -0.1) is 0 Å². The van der Waals surface area contributed by atoms with Gasteiger partial charge in [-0.1, -0.05) is 30.3 Å². The van der Waals surface area contributed by atoms with E-state index in [4.69, 9.17) is 5.73 Å². The molecule has 3 atom stereocenters. The third kappa shape index (κ3) is 3.17. The number of amides is 1. The van der Waals surface area contributed by atoms with Crippen molar-refractivity contribution in [3.05, 3.63) is 65.5 Å². The Labute approximate surface area is 146 Å². The number of anilines is 1. The molecule has 3 N–H and O–H groups in total. The van der Waals surface area contributed by atoms with Crippen molar-refractivity contribution in [2.75, 3.05) is 18.4 Å². The van der Waals surface area contributed by atoms with Gasteiger partial charge in [0.1, 0.15) is 5.82 Å². The van der Waals surface area contributed by atoms with Crippen LogP contribution in [0.3, 0.4) is 0 Å². The second-order valence-corrected chi connectivity index (χ2v) is 6.98. The topological polar surface area (TPSA) is 58.4 Å². The van der Waals surface area contributed by atoms with Gasteiger partial charge in [0.15, 0.2) is 0 Å². The molecule has 0 aromatic heterocycles. The van der Waals surface area contributed by atoms with Crippen LogP contribution in [-0.2, 0) is 11.2 Å². The van der Waals surface area contributed by atoms with Gasteiger partial charge in [0.05, 0.1) is 6.04 Å². The first kappa shape index (κ1) is 16.2. The normalized spacial score (nSPS) is 26.8. The van der Waals surface area contributed by atoms with Crippen molar-refractivity contribution in [1.29, 1.82) is 0 Å². The highest BCUT2D eigenvalue weighted by molar-refractivity contribution is 5.96. The molecule has 4 nitrogen and oxygen atoms in total. The van der Waals surface area contributed by atoms with E-state index in [0.717, 1.165) is 24.1 Å².